The van der Waals surface area contributed by atoms with Gasteiger partial charge in [-0.1, -0.05) is 62.4 Å². The molecule has 0 saturated heterocycles. The molecular weight excluding hydrogens is 390 g/mol. The SMILES string of the molecule is CC1(C)c2ccccc2-c2cc3ccc4c(c3cc21)c1ccccc1n4-c1ccncn1. The lowest BCUT2D eigenvalue weighted by Gasteiger charge is -2.21. The zero-order chi connectivity index (χ0) is 21.4. The lowest BCUT2D eigenvalue weighted by molar-refractivity contribution is 0.661. The van der Waals surface area contributed by atoms with Gasteiger partial charge in [0.1, 0.15) is 12.1 Å². The molecule has 0 bridgehead atoms. The molecule has 0 fully saturated rings. The minimum absolute atomic E-state index is 0.0205. The van der Waals surface area contributed by atoms with E-state index in [4.69, 9.17) is 0 Å². The molecule has 152 valence electrons. The van der Waals surface area contributed by atoms with Crippen LogP contribution in [-0.2, 0) is 5.41 Å². The van der Waals surface area contributed by atoms with Crippen molar-refractivity contribution in [3.63, 3.8) is 0 Å². The van der Waals surface area contributed by atoms with Crippen LogP contribution in [0.4, 0.5) is 0 Å². The van der Waals surface area contributed by atoms with Gasteiger partial charge in [-0.25, -0.2) is 9.97 Å². The molecule has 3 nitrogen and oxygen atoms in total. The van der Waals surface area contributed by atoms with Crippen molar-refractivity contribution in [3.05, 3.63) is 103 Å². The third-order valence-electron chi connectivity index (χ3n) is 7.15. The fraction of sp³-hybridized carbons (Fsp3) is 0.103. The molecule has 0 N–H and O–H groups in total. The van der Waals surface area contributed by atoms with Crippen LogP contribution in [-0.4, -0.2) is 14.5 Å². The van der Waals surface area contributed by atoms with Crippen LogP contribution in [0.2, 0.25) is 0 Å². The van der Waals surface area contributed by atoms with Crippen molar-refractivity contribution in [2.24, 2.45) is 0 Å². The Bertz CT molecular complexity index is 1690. The highest BCUT2D eigenvalue weighted by atomic mass is 15.1. The Morgan fingerprint density at radius 2 is 1.56 bits per heavy atom. The highest BCUT2D eigenvalue weighted by Crippen LogP contribution is 2.50. The zero-order valence-electron chi connectivity index (χ0n) is 18.0. The number of aromatic nitrogens is 3. The topological polar surface area (TPSA) is 30.7 Å². The molecule has 0 atom stereocenters. The third-order valence-corrected chi connectivity index (χ3v) is 7.15. The lowest BCUT2D eigenvalue weighted by Crippen LogP contribution is -2.14. The molecule has 0 aliphatic heterocycles. The second kappa shape index (κ2) is 6.04. The maximum Gasteiger partial charge on any atom is 0.140 e. The van der Waals surface area contributed by atoms with Gasteiger partial charge in [0.25, 0.3) is 0 Å². The van der Waals surface area contributed by atoms with Crippen LogP contribution in [0.25, 0.3) is 49.5 Å². The van der Waals surface area contributed by atoms with E-state index in [0.29, 0.717) is 0 Å². The average Bonchev–Trinajstić information content (AvgIpc) is 3.28. The fourth-order valence-electron chi connectivity index (χ4n) is 5.65. The molecule has 0 unspecified atom stereocenters. The van der Waals surface area contributed by atoms with Crippen LogP contribution in [0.3, 0.4) is 0 Å². The van der Waals surface area contributed by atoms with Gasteiger partial charge in [-0.3, -0.25) is 4.57 Å². The highest BCUT2D eigenvalue weighted by molar-refractivity contribution is 6.22. The second-order valence-corrected chi connectivity index (χ2v) is 9.17. The molecule has 2 aromatic heterocycles. The van der Waals surface area contributed by atoms with Crippen LogP contribution < -0.4 is 0 Å². The molecule has 3 heteroatoms. The van der Waals surface area contributed by atoms with Crippen LogP contribution in [0.5, 0.6) is 0 Å². The predicted molar refractivity (Wildman–Crippen MR) is 131 cm³/mol. The predicted octanol–water partition coefficient (Wildman–Crippen LogP) is 7.03. The number of para-hydroxylation sites is 1. The van der Waals surface area contributed by atoms with E-state index in [1.807, 2.05) is 6.07 Å². The van der Waals surface area contributed by atoms with E-state index >= 15 is 0 Å². The molecule has 0 amide bonds. The first-order valence-corrected chi connectivity index (χ1v) is 11.0. The minimum Gasteiger partial charge on any atom is -0.294 e. The summed E-state index contributed by atoms with van der Waals surface area (Å²) >= 11 is 0. The van der Waals surface area contributed by atoms with E-state index in [2.05, 4.69) is 101 Å². The van der Waals surface area contributed by atoms with Crippen LogP contribution in [0, 0.1) is 0 Å². The molecule has 2 heterocycles. The summed E-state index contributed by atoms with van der Waals surface area (Å²) in [5, 5.41) is 5.10. The lowest BCUT2D eigenvalue weighted by atomic mass is 9.81. The summed E-state index contributed by atoms with van der Waals surface area (Å²) in [5.74, 6) is 0.888. The number of rotatable bonds is 1. The summed E-state index contributed by atoms with van der Waals surface area (Å²) in [6.45, 7) is 4.68. The van der Waals surface area contributed by atoms with E-state index in [0.717, 1.165) is 11.3 Å². The molecule has 4 aromatic carbocycles. The van der Waals surface area contributed by atoms with Gasteiger partial charge >= 0.3 is 0 Å². The molecule has 0 spiro atoms. The summed E-state index contributed by atoms with van der Waals surface area (Å²) in [6.07, 6.45) is 3.42. The van der Waals surface area contributed by atoms with Gasteiger partial charge in [-0.15, -0.1) is 0 Å². The standard InChI is InChI=1S/C29H21N3/c1-29(2)23-9-5-3-7-19(23)22-15-18-11-12-26-28(21(18)16-24(22)29)20-8-4-6-10-25(20)32(26)27-13-14-30-17-31-27/h3-17H,1-2H3. The van der Waals surface area contributed by atoms with Crippen molar-refractivity contribution in [1.82, 2.24) is 14.5 Å². The average molecular weight is 412 g/mol. The van der Waals surface area contributed by atoms with Crippen LogP contribution >= 0.6 is 0 Å². The van der Waals surface area contributed by atoms with E-state index in [9.17, 15) is 0 Å². The molecule has 32 heavy (non-hydrogen) atoms. The number of nitrogens with zero attached hydrogens (tertiary/aromatic N) is 3. The summed E-state index contributed by atoms with van der Waals surface area (Å²) in [4.78, 5) is 8.68. The smallest absolute Gasteiger partial charge is 0.140 e. The Morgan fingerprint density at radius 1 is 0.719 bits per heavy atom. The molecule has 6 aromatic rings. The number of fused-ring (bicyclic) bond motifs is 8. The quantitative estimate of drug-likeness (QED) is 0.291. The van der Waals surface area contributed by atoms with E-state index < -0.39 is 0 Å². The molecule has 0 radical (unpaired) electrons. The summed E-state index contributed by atoms with van der Waals surface area (Å²) in [6, 6.07) is 28.7. The minimum atomic E-state index is -0.0205. The Labute approximate surface area is 186 Å². The Morgan fingerprint density at radius 3 is 2.44 bits per heavy atom. The fourth-order valence-corrected chi connectivity index (χ4v) is 5.65. The van der Waals surface area contributed by atoms with Crippen molar-refractivity contribution in [2.75, 3.05) is 0 Å². The first-order valence-electron chi connectivity index (χ1n) is 11.0. The summed E-state index contributed by atoms with van der Waals surface area (Å²) in [7, 11) is 0. The van der Waals surface area contributed by atoms with Crippen molar-refractivity contribution < 1.29 is 0 Å². The Kier molecular flexibility index (Phi) is 3.34. The van der Waals surface area contributed by atoms with Gasteiger partial charge in [0.15, 0.2) is 0 Å². The number of hydrogen-bond acceptors (Lipinski definition) is 2. The largest absolute Gasteiger partial charge is 0.294 e. The van der Waals surface area contributed by atoms with Crippen LogP contribution in [0.1, 0.15) is 25.0 Å². The van der Waals surface area contributed by atoms with Crippen molar-refractivity contribution >= 4 is 32.6 Å². The van der Waals surface area contributed by atoms with Gasteiger partial charge in [0, 0.05) is 22.4 Å². The summed E-state index contributed by atoms with van der Waals surface area (Å²) < 4.78 is 2.25. The number of benzene rings is 4. The third kappa shape index (κ3) is 2.15. The van der Waals surface area contributed by atoms with Gasteiger partial charge in [0.2, 0.25) is 0 Å². The van der Waals surface area contributed by atoms with Crippen molar-refractivity contribution in [1.29, 1.82) is 0 Å². The maximum absolute atomic E-state index is 4.56. The van der Waals surface area contributed by atoms with E-state index in [1.54, 1.807) is 12.5 Å². The normalized spacial score (nSPS) is 14.2. The first kappa shape index (κ1) is 17.7. The zero-order valence-corrected chi connectivity index (χ0v) is 18.0. The summed E-state index contributed by atoms with van der Waals surface area (Å²) in [5.41, 5.74) is 7.84. The van der Waals surface area contributed by atoms with E-state index in [1.165, 1.54) is 49.3 Å². The van der Waals surface area contributed by atoms with Crippen LogP contribution in [0.15, 0.2) is 91.4 Å². The molecule has 1 aliphatic rings. The number of hydrogen-bond donors (Lipinski definition) is 0. The van der Waals surface area contributed by atoms with Gasteiger partial charge in [0.05, 0.1) is 11.0 Å². The van der Waals surface area contributed by atoms with Gasteiger partial charge < -0.3 is 0 Å². The molecular formula is C29H21N3. The highest BCUT2D eigenvalue weighted by Gasteiger charge is 2.35. The van der Waals surface area contributed by atoms with E-state index in [-0.39, 0.29) is 5.41 Å². The Hall–Kier alpha value is -3.98. The maximum atomic E-state index is 4.56. The Balaban J connectivity index is 1.65. The molecule has 0 saturated carbocycles. The van der Waals surface area contributed by atoms with Crippen molar-refractivity contribution in [2.45, 2.75) is 19.3 Å². The van der Waals surface area contributed by atoms with Gasteiger partial charge in [-0.2, -0.15) is 0 Å². The molecule has 1 aliphatic carbocycles. The molecule has 7 rings (SSSR count). The monoisotopic (exact) mass is 411 g/mol. The van der Waals surface area contributed by atoms with Crippen molar-refractivity contribution in [3.8, 4) is 16.9 Å². The van der Waals surface area contributed by atoms with Gasteiger partial charge in [-0.05, 0) is 63.4 Å². The first-order chi connectivity index (χ1) is 15.6. The second-order valence-electron chi connectivity index (χ2n) is 9.17.